The molecule has 1 saturated carbocycles. The number of nitrogens with zero attached hydrogens (tertiary/aromatic N) is 1. The van der Waals surface area contributed by atoms with E-state index >= 15 is 0 Å². The molecule has 1 fully saturated rings. The Hall–Kier alpha value is -0.550. The number of nitriles is 1. The summed E-state index contributed by atoms with van der Waals surface area (Å²) in [6.45, 7) is 1.57. The quantitative estimate of drug-likeness (QED) is 0.505. The van der Waals surface area contributed by atoms with Crippen molar-refractivity contribution in [3.8, 4) is 6.07 Å². The molecule has 2 nitrogen and oxygen atoms in total. The summed E-state index contributed by atoms with van der Waals surface area (Å²) in [7, 11) is 0. The smallest absolute Gasteiger partial charge is 0.151 e. The monoisotopic (exact) mass is 111 g/mol. The van der Waals surface area contributed by atoms with E-state index in [1.807, 2.05) is 6.07 Å². The summed E-state index contributed by atoms with van der Waals surface area (Å²) in [5, 5.41) is 17.4. The molecular weight excluding hydrogens is 102 g/mol. The zero-order chi connectivity index (χ0) is 6.20. The molecule has 0 heterocycles. The lowest BCUT2D eigenvalue weighted by Crippen LogP contribution is -2.23. The second kappa shape index (κ2) is 1.46. The first kappa shape index (κ1) is 5.58. The molecule has 0 aromatic heterocycles. The molecule has 0 bridgehead atoms. The maximum Gasteiger partial charge on any atom is 0.151 e. The van der Waals surface area contributed by atoms with Gasteiger partial charge in [0.05, 0.1) is 6.07 Å². The molecule has 0 aliphatic heterocycles. The summed E-state index contributed by atoms with van der Waals surface area (Å²) < 4.78 is 0. The van der Waals surface area contributed by atoms with Crippen LogP contribution in [0.3, 0.4) is 0 Å². The van der Waals surface area contributed by atoms with E-state index in [0.29, 0.717) is 0 Å². The number of rotatable bonds is 1. The van der Waals surface area contributed by atoms with Crippen LogP contribution in [0.5, 0.6) is 0 Å². The van der Waals surface area contributed by atoms with Gasteiger partial charge < -0.3 is 5.11 Å². The lowest BCUT2D eigenvalue weighted by molar-refractivity contribution is 0.0957. The Kier molecular flexibility index (Phi) is 1.02. The average molecular weight is 111 g/mol. The van der Waals surface area contributed by atoms with E-state index in [-0.39, 0.29) is 5.92 Å². The van der Waals surface area contributed by atoms with E-state index in [1.165, 1.54) is 0 Å². The van der Waals surface area contributed by atoms with Gasteiger partial charge in [-0.1, -0.05) is 0 Å². The summed E-state index contributed by atoms with van der Waals surface area (Å²) in [5.74, 6) is 0.257. The Morgan fingerprint density at radius 2 is 2.25 bits per heavy atom. The molecule has 1 N–H and O–H groups in total. The summed E-state index contributed by atoms with van der Waals surface area (Å²) in [5.41, 5.74) is -1.04. The third-order valence-electron chi connectivity index (χ3n) is 1.60. The predicted octanol–water partition coefficient (Wildman–Crippen LogP) is 0.671. The van der Waals surface area contributed by atoms with Crippen molar-refractivity contribution in [1.82, 2.24) is 0 Å². The number of hydrogen-bond donors (Lipinski definition) is 1. The fraction of sp³-hybridized carbons (Fsp3) is 0.833. The van der Waals surface area contributed by atoms with Crippen LogP contribution in [0, 0.1) is 17.2 Å². The first-order chi connectivity index (χ1) is 3.67. The second-order valence-electron chi connectivity index (χ2n) is 2.53. The second-order valence-corrected chi connectivity index (χ2v) is 2.53. The van der Waals surface area contributed by atoms with E-state index < -0.39 is 5.60 Å². The van der Waals surface area contributed by atoms with Gasteiger partial charge in [-0.2, -0.15) is 5.26 Å². The predicted molar refractivity (Wildman–Crippen MR) is 29.0 cm³/mol. The Bertz CT molecular complexity index is 130. The highest BCUT2D eigenvalue weighted by Gasteiger charge is 2.39. The summed E-state index contributed by atoms with van der Waals surface area (Å²) in [6.07, 6.45) is 2.03. The fourth-order valence-corrected chi connectivity index (χ4v) is 0.737. The molecule has 1 rings (SSSR count). The van der Waals surface area contributed by atoms with Crippen molar-refractivity contribution >= 4 is 0 Å². The highest BCUT2D eigenvalue weighted by Crippen LogP contribution is 2.38. The Labute approximate surface area is 48.7 Å². The SMILES string of the molecule is C[C@](O)(C#N)C1CC1. The van der Waals surface area contributed by atoms with Gasteiger partial charge in [0.1, 0.15) is 0 Å². The zero-order valence-electron chi connectivity index (χ0n) is 4.89. The summed E-state index contributed by atoms with van der Waals surface area (Å²) >= 11 is 0. The van der Waals surface area contributed by atoms with Gasteiger partial charge >= 0.3 is 0 Å². The van der Waals surface area contributed by atoms with E-state index in [2.05, 4.69) is 0 Å². The molecule has 1 atom stereocenters. The van der Waals surface area contributed by atoms with Crippen molar-refractivity contribution in [3.05, 3.63) is 0 Å². The molecule has 8 heavy (non-hydrogen) atoms. The van der Waals surface area contributed by atoms with Gasteiger partial charge in [-0.3, -0.25) is 0 Å². The van der Waals surface area contributed by atoms with Crippen LogP contribution < -0.4 is 0 Å². The van der Waals surface area contributed by atoms with Crippen LogP contribution in [0.15, 0.2) is 0 Å². The van der Waals surface area contributed by atoms with Gasteiger partial charge in [-0.25, -0.2) is 0 Å². The summed E-state index contributed by atoms with van der Waals surface area (Å²) in [4.78, 5) is 0. The third-order valence-corrected chi connectivity index (χ3v) is 1.60. The molecule has 0 unspecified atom stereocenters. The van der Waals surface area contributed by atoms with Crippen LogP contribution in [-0.4, -0.2) is 10.7 Å². The first-order valence-corrected chi connectivity index (χ1v) is 2.80. The maximum absolute atomic E-state index is 9.10. The van der Waals surface area contributed by atoms with Gasteiger partial charge in [-0.05, 0) is 19.8 Å². The van der Waals surface area contributed by atoms with Crippen molar-refractivity contribution in [2.24, 2.45) is 5.92 Å². The molecule has 0 saturated heterocycles. The van der Waals surface area contributed by atoms with Crippen molar-refractivity contribution in [1.29, 1.82) is 5.26 Å². The summed E-state index contributed by atoms with van der Waals surface area (Å²) in [6, 6.07) is 1.86. The molecule has 2 heteroatoms. The van der Waals surface area contributed by atoms with Gasteiger partial charge in [0.25, 0.3) is 0 Å². The van der Waals surface area contributed by atoms with E-state index in [4.69, 9.17) is 10.4 Å². The lowest BCUT2D eigenvalue weighted by Gasteiger charge is -2.10. The number of aliphatic hydroxyl groups is 1. The topological polar surface area (TPSA) is 44.0 Å². The standard InChI is InChI=1S/C6H9NO/c1-6(8,4-7)5-2-3-5/h5,8H,2-3H2,1H3/t6-/m0/s1. The Balaban J connectivity index is 2.53. The minimum atomic E-state index is -1.04. The molecule has 0 spiro atoms. The van der Waals surface area contributed by atoms with Crippen LogP contribution >= 0.6 is 0 Å². The van der Waals surface area contributed by atoms with Crippen molar-refractivity contribution in [2.75, 3.05) is 0 Å². The lowest BCUT2D eigenvalue weighted by atomic mass is 10.0. The molecule has 1 aliphatic rings. The zero-order valence-corrected chi connectivity index (χ0v) is 4.89. The van der Waals surface area contributed by atoms with Crippen molar-refractivity contribution in [3.63, 3.8) is 0 Å². The van der Waals surface area contributed by atoms with Crippen LogP contribution in [0.4, 0.5) is 0 Å². The Morgan fingerprint density at radius 3 is 2.38 bits per heavy atom. The highest BCUT2D eigenvalue weighted by molar-refractivity contribution is 5.06. The Morgan fingerprint density at radius 1 is 1.75 bits per heavy atom. The van der Waals surface area contributed by atoms with Crippen molar-refractivity contribution in [2.45, 2.75) is 25.4 Å². The van der Waals surface area contributed by atoms with Crippen LogP contribution in [-0.2, 0) is 0 Å². The molecular formula is C6H9NO. The molecule has 0 aromatic rings. The minimum absolute atomic E-state index is 0.257. The largest absolute Gasteiger partial charge is 0.375 e. The van der Waals surface area contributed by atoms with E-state index in [1.54, 1.807) is 6.92 Å². The van der Waals surface area contributed by atoms with Gasteiger partial charge in [0.15, 0.2) is 5.60 Å². The fourth-order valence-electron chi connectivity index (χ4n) is 0.737. The normalized spacial score (nSPS) is 26.1. The molecule has 0 radical (unpaired) electrons. The number of hydrogen-bond acceptors (Lipinski definition) is 2. The van der Waals surface area contributed by atoms with E-state index in [9.17, 15) is 0 Å². The van der Waals surface area contributed by atoms with Gasteiger partial charge in [0, 0.05) is 5.92 Å². The van der Waals surface area contributed by atoms with Crippen molar-refractivity contribution < 1.29 is 5.11 Å². The third kappa shape index (κ3) is 0.823. The highest BCUT2D eigenvalue weighted by atomic mass is 16.3. The molecule has 44 valence electrons. The molecule has 1 aliphatic carbocycles. The van der Waals surface area contributed by atoms with Gasteiger partial charge in [-0.15, -0.1) is 0 Å². The van der Waals surface area contributed by atoms with Crippen LogP contribution in [0.1, 0.15) is 19.8 Å². The molecule has 0 amide bonds. The van der Waals surface area contributed by atoms with E-state index in [0.717, 1.165) is 12.8 Å². The van der Waals surface area contributed by atoms with Crippen LogP contribution in [0.25, 0.3) is 0 Å². The molecule has 0 aromatic carbocycles. The van der Waals surface area contributed by atoms with Gasteiger partial charge in [0.2, 0.25) is 0 Å². The average Bonchev–Trinajstić information content (AvgIpc) is 2.44. The first-order valence-electron chi connectivity index (χ1n) is 2.80. The van der Waals surface area contributed by atoms with Crippen LogP contribution in [0.2, 0.25) is 0 Å². The minimum Gasteiger partial charge on any atom is -0.375 e. The maximum atomic E-state index is 9.10.